The van der Waals surface area contributed by atoms with Crippen molar-refractivity contribution in [3.05, 3.63) is 172 Å². The third kappa shape index (κ3) is 5.95. The molecule has 2 aromatic heterocycles. The Hall–Kier alpha value is -6.78. The molecule has 1 aliphatic heterocycles. The number of benzene rings is 8. The van der Waals surface area contributed by atoms with Gasteiger partial charge in [-0.3, -0.25) is 0 Å². The number of rotatable bonds is 3. The second-order valence-corrected chi connectivity index (χ2v) is 25.1. The van der Waals surface area contributed by atoms with Gasteiger partial charge in [0.25, 0.3) is 0 Å². The van der Waals surface area contributed by atoms with Crippen molar-refractivity contribution in [3.63, 3.8) is 0 Å². The molecule has 0 fully saturated rings. The number of nitrogens with zero attached hydrogens (tertiary/aromatic N) is 1. The molecule has 4 heteroatoms. The van der Waals surface area contributed by atoms with Gasteiger partial charge in [0.15, 0.2) is 7.28 Å². The van der Waals surface area contributed by atoms with E-state index in [1.807, 2.05) is 0 Å². The Morgan fingerprint density at radius 2 is 1.10 bits per heavy atom. The smallest absolute Gasteiger partial charge is 0.198 e. The van der Waals surface area contributed by atoms with Crippen LogP contribution in [-0.2, 0) is 27.1 Å². The number of anilines is 2. The van der Waals surface area contributed by atoms with Crippen LogP contribution in [0.25, 0.3) is 82.8 Å². The number of aromatic nitrogens is 1. The average molecular weight is 911 g/mol. The van der Waals surface area contributed by atoms with Gasteiger partial charge in [0.05, 0.1) is 16.4 Å². The monoisotopic (exact) mass is 911 g/mol. The maximum atomic E-state index is 7.33. The van der Waals surface area contributed by atoms with Crippen LogP contribution >= 0.6 is 0 Å². The second-order valence-electron chi connectivity index (χ2n) is 25.1. The number of furan rings is 1. The fourth-order valence-electron chi connectivity index (χ4n) is 12.8. The van der Waals surface area contributed by atoms with Gasteiger partial charge >= 0.3 is 0 Å². The Labute approximate surface area is 414 Å². The Balaban J connectivity index is 1.18. The molecule has 3 aliphatic rings. The maximum absolute atomic E-state index is 7.33. The molecular weight excluding hydrogens is 848 g/mol. The van der Waals surface area contributed by atoms with E-state index < -0.39 is 0 Å². The van der Waals surface area contributed by atoms with Crippen molar-refractivity contribution < 1.29 is 4.42 Å². The van der Waals surface area contributed by atoms with E-state index in [4.69, 9.17) is 4.42 Å². The first-order chi connectivity index (χ1) is 33.1. The number of nitrogens with one attached hydrogen (secondary N) is 1. The van der Waals surface area contributed by atoms with E-state index in [9.17, 15) is 0 Å². The van der Waals surface area contributed by atoms with Crippen LogP contribution in [0.15, 0.2) is 138 Å². The fraction of sp³-hybridized carbons (Fsp3) is 0.273. The molecule has 0 bridgehead atoms. The van der Waals surface area contributed by atoms with Gasteiger partial charge in [-0.15, -0.1) is 0 Å². The van der Waals surface area contributed by atoms with E-state index >= 15 is 0 Å². The van der Waals surface area contributed by atoms with Crippen LogP contribution in [0.5, 0.6) is 0 Å². The van der Waals surface area contributed by atoms with Gasteiger partial charge in [-0.25, -0.2) is 0 Å². The second kappa shape index (κ2) is 14.0. The summed E-state index contributed by atoms with van der Waals surface area (Å²) in [7, 11) is 0.784. The van der Waals surface area contributed by atoms with Crippen LogP contribution < -0.4 is 16.2 Å². The summed E-state index contributed by atoms with van der Waals surface area (Å²) < 4.78 is 9.95. The molecule has 70 heavy (non-hydrogen) atoms. The normalized spacial score (nSPS) is 15.3. The number of para-hydroxylation sites is 1. The SMILES string of the molecule is CC(C)(C)c1ccc(Nc2cc3c(cc2-c2c4c5c(c6cc(C(C)(C)C)ccc6n5-c5cc6c(cc5B4)C(C)(C)c4ccccc4-6)c4oc5ccccc5c24)-c2ccc(C(C)(C)C)cc2C3(C)C)cc1. The van der Waals surface area contributed by atoms with Crippen molar-refractivity contribution in [3.8, 4) is 39.1 Å². The van der Waals surface area contributed by atoms with E-state index in [1.165, 1.54) is 116 Å². The van der Waals surface area contributed by atoms with Crippen molar-refractivity contribution in [2.75, 3.05) is 5.32 Å². The Morgan fingerprint density at radius 3 is 1.84 bits per heavy atom. The molecule has 8 aromatic carbocycles. The first-order valence-electron chi connectivity index (χ1n) is 25.5. The lowest BCUT2D eigenvalue weighted by Crippen LogP contribution is -2.38. The van der Waals surface area contributed by atoms with Gasteiger partial charge in [0, 0.05) is 49.6 Å². The molecular formula is C66H63BN2O. The Kier molecular flexibility index (Phi) is 8.63. The Bertz CT molecular complexity index is 3920. The molecule has 2 aliphatic carbocycles. The lowest BCUT2D eigenvalue weighted by Gasteiger charge is -2.28. The summed E-state index contributed by atoms with van der Waals surface area (Å²) >= 11 is 0. The molecule has 0 amide bonds. The summed E-state index contributed by atoms with van der Waals surface area (Å²) in [5.74, 6) is 0. The largest absolute Gasteiger partial charge is 0.455 e. The highest BCUT2D eigenvalue weighted by molar-refractivity contribution is 6.74. The van der Waals surface area contributed by atoms with E-state index in [0.29, 0.717) is 0 Å². The highest BCUT2D eigenvalue weighted by Crippen LogP contribution is 2.55. The minimum absolute atomic E-state index is 0.0313. The van der Waals surface area contributed by atoms with Crippen molar-refractivity contribution in [1.82, 2.24) is 4.57 Å². The zero-order chi connectivity index (χ0) is 48.8. The molecule has 0 saturated heterocycles. The first kappa shape index (κ1) is 43.3. The van der Waals surface area contributed by atoms with Gasteiger partial charge < -0.3 is 14.3 Å². The molecule has 0 spiro atoms. The zero-order valence-corrected chi connectivity index (χ0v) is 43.3. The average Bonchev–Trinajstić information content (AvgIpc) is 3.99. The lowest BCUT2D eigenvalue weighted by molar-refractivity contribution is 0.584. The minimum atomic E-state index is -0.215. The lowest BCUT2D eigenvalue weighted by atomic mass is 9.57. The molecule has 0 radical (unpaired) electrons. The number of hydrogen-bond acceptors (Lipinski definition) is 2. The van der Waals surface area contributed by atoms with E-state index in [0.717, 1.165) is 35.2 Å². The molecule has 13 rings (SSSR count). The predicted molar refractivity (Wildman–Crippen MR) is 301 cm³/mol. The van der Waals surface area contributed by atoms with Crippen LogP contribution in [0.2, 0.25) is 0 Å². The Morgan fingerprint density at radius 1 is 0.500 bits per heavy atom. The highest BCUT2D eigenvalue weighted by Gasteiger charge is 2.41. The van der Waals surface area contributed by atoms with Gasteiger partial charge in [-0.1, -0.05) is 180 Å². The minimum Gasteiger partial charge on any atom is -0.455 e. The van der Waals surface area contributed by atoms with Crippen LogP contribution in [-0.4, -0.2) is 11.8 Å². The molecule has 10 aromatic rings. The maximum Gasteiger partial charge on any atom is 0.198 e. The van der Waals surface area contributed by atoms with Gasteiger partial charge in [0.1, 0.15) is 11.2 Å². The summed E-state index contributed by atoms with van der Waals surface area (Å²) in [6.07, 6.45) is 0. The van der Waals surface area contributed by atoms with Crippen molar-refractivity contribution in [1.29, 1.82) is 0 Å². The van der Waals surface area contributed by atoms with Gasteiger partial charge in [0.2, 0.25) is 0 Å². The first-order valence-corrected chi connectivity index (χ1v) is 25.5. The molecule has 3 nitrogen and oxygen atoms in total. The summed E-state index contributed by atoms with van der Waals surface area (Å²) in [4.78, 5) is 0. The van der Waals surface area contributed by atoms with Gasteiger partial charge in [-0.2, -0.15) is 0 Å². The molecule has 346 valence electrons. The van der Waals surface area contributed by atoms with Crippen LogP contribution in [0.4, 0.5) is 11.4 Å². The third-order valence-corrected chi connectivity index (χ3v) is 16.9. The van der Waals surface area contributed by atoms with Crippen LogP contribution in [0.3, 0.4) is 0 Å². The summed E-state index contributed by atoms with van der Waals surface area (Å²) in [5.41, 5.74) is 27.5. The van der Waals surface area contributed by atoms with E-state index in [2.05, 4.69) is 233 Å². The predicted octanol–water partition coefficient (Wildman–Crippen LogP) is 16.3. The molecule has 3 heterocycles. The van der Waals surface area contributed by atoms with Crippen molar-refractivity contribution >= 4 is 73.3 Å². The molecule has 0 saturated carbocycles. The molecule has 1 N–H and O–H groups in total. The molecule has 0 unspecified atom stereocenters. The third-order valence-electron chi connectivity index (χ3n) is 16.9. The van der Waals surface area contributed by atoms with E-state index in [1.54, 1.807) is 0 Å². The summed E-state index contributed by atoms with van der Waals surface area (Å²) in [6.45, 7) is 30.5. The zero-order valence-electron chi connectivity index (χ0n) is 43.3. The standard InChI is InChI=1S/C66H63BN2O/c1-62(2,3)36-22-26-39(27-23-36)68-52-35-50-43(41-28-24-38(64(7,8)9)31-48(41)66(50,12)13)32-45(52)56-57-42-19-15-17-21-55(42)70-61(57)58-46-30-37(63(4,5)6)25-29-53(46)69-54-33-44-40-18-14-16-20-47(40)65(10,11)49(44)34-51(54)67-59(56)60(58)69/h14-35,67-68H,1-13H3. The fourth-order valence-corrected chi connectivity index (χ4v) is 12.8. The highest BCUT2D eigenvalue weighted by atomic mass is 16.3. The quantitative estimate of drug-likeness (QED) is 0.179. The topological polar surface area (TPSA) is 30.1 Å². The van der Waals surface area contributed by atoms with E-state index in [-0.39, 0.29) is 27.1 Å². The van der Waals surface area contributed by atoms with Crippen LogP contribution in [0.1, 0.15) is 129 Å². The van der Waals surface area contributed by atoms with Crippen molar-refractivity contribution in [2.45, 2.75) is 117 Å². The summed E-state index contributed by atoms with van der Waals surface area (Å²) in [5, 5.41) is 8.87. The van der Waals surface area contributed by atoms with Crippen LogP contribution in [0, 0.1) is 0 Å². The number of hydrogen-bond donors (Lipinski definition) is 1. The summed E-state index contributed by atoms with van der Waals surface area (Å²) in [6, 6.07) is 51.5. The molecule has 0 atom stereocenters. The van der Waals surface area contributed by atoms with Gasteiger partial charge in [-0.05, 0) is 137 Å². The number of fused-ring (bicyclic) bond motifs is 15. The van der Waals surface area contributed by atoms with Crippen molar-refractivity contribution in [2.24, 2.45) is 0 Å².